The fraction of sp³-hybridized carbons (Fsp3) is 0.412. The van der Waals surface area contributed by atoms with Crippen LogP contribution in [0.25, 0.3) is 10.8 Å². The second kappa shape index (κ2) is 4.95. The van der Waals surface area contributed by atoms with E-state index in [0.717, 1.165) is 25.9 Å². The zero-order chi connectivity index (χ0) is 13.3. The highest BCUT2D eigenvalue weighted by Crippen LogP contribution is 2.44. The minimum atomic E-state index is 0.188. The van der Waals surface area contributed by atoms with Crippen LogP contribution in [0.2, 0.25) is 0 Å². The average molecular weight is 255 g/mol. The Morgan fingerprint density at radius 2 is 1.84 bits per heavy atom. The van der Waals surface area contributed by atoms with Crippen molar-refractivity contribution >= 4 is 10.8 Å². The van der Waals surface area contributed by atoms with Crippen LogP contribution in [0.5, 0.6) is 0 Å². The van der Waals surface area contributed by atoms with E-state index < -0.39 is 0 Å². The van der Waals surface area contributed by atoms with E-state index in [9.17, 15) is 5.11 Å². The fourth-order valence-electron chi connectivity index (χ4n) is 2.56. The largest absolute Gasteiger partial charge is 0.396 e. The minimum absolute atomic E-state index is 0.188. The molecule has 1 aliphatic carbocycles. The molecule has 0 amide bonds. The van der Waals surface area contributed by atoms with Crippen molar-refractivity contribution in [3.05, 3.63) is 47.5 Å². The number of aliphatic hydroxyl groups excluding tert-OH is 1. The molecular formula is C17H21NO. The van der Waals surface area contributed by atoms with Crippen molar-refractivity contribution in [1.82, 2.24) is 5.32 Å². The van der Waals surface area contributed by atoms with E-state index in [-0.39, 0.29) is 5.41 Å². The van der Waals surface area contributed by atoms with Gasteiger partial charge in [0.15, 0.2) is 0 Å². The SMILES string of the molecule is Cc1ccc2cc(CNCC3(CO)CC3)ccc2c1. The molecule has 0 atom stereocenters. The van der Waals surface area contributed by atoms with Gasteiger partial charge in [0.1, 0.15) is 0 Å². The van der Waals surface area contributed by atoms with Crippen LogP contribution in [-0.4, -0.2) is 18.3 Å². The Morgan fingerprint density at radius 3 is 2.58 bits per heavy atom. The van der Waals surface area contributed by atoms with E-state index in [2.05, 4.69) is 48.6 Å². The third kappa shape index (κ3) is 2.80. The molecule has 2 heteroatoms. The van der Waals surface area contributed by atoms with Crippen molar-refractivity contribution < 1.29 is 5.11 Å². The molecule has 0 spiro atoms. The molecule has 2 N–H and O–H groups in total. The Labute approximate surface area is 114 Å². The third-order valence-electron chi connectivity index (χ3n) is 4.18. The van der Waals surface area contributed by atoms with Gasteiger partial charge in [-0.15, -0.1) is 0 Å². The summed E-state index contributed by atoms with van der Waals surface area (Å²) >= 11 is 0. The maximum atomic E-state index is 9.28. The number of aryl methyl sites for hydroxylation is 1. The van der Waals surface area contributed by atoms with Crippen LogP contribution in [0.15, 0.2) is 36.4 Å². The van der Waals surface area contributed by atoms with Crippen LogP contribution >= 0.6 is 0 Å². The fourth-order valence-corrected chi connectivity index (χ4v) is 2.56. The number of fused-ring (bicyclic) bond motifs is 1. The summed E-state index contributed by atoms with van der Waals surface area (Å²) < 4.78 is 0. The summed E-state index contributed by atoms with van der Waals surface area (Å²) in [6, 6.07) is 13.2. The molecule has 1 saturated carbocycles. The summed E-state index contributed by atoms with van der Waals surface area (Å²) in [6.45, 7) is 4.25. The lowest BCUT2D eigenvalue weighted by Gasteiger charge is -2.13. The number of benzene rings is 2. The summed E-state index contributed by atoms with van der Waals surface area (Å²) in [6.07, 6.45) is 2.32. The number of hydrogen-bond acceptors (Lipinski definition) is 2. The average Bonchev–Trinajstić information content (AvgIpc) is 3.19. The summed E-state index contributed by atoms with van der Waals surface area (Å²) in [5.41, 5.74) is 2.80. The van der Waals surface area contributed by atoms with Crippen LogP contribution in [-0.2, 0) is 6.54 Å². The van der Waals surface area contributed by atoms with Gasteiger partial charge in [-0.05, 0) is 42.2 Å². The number of nitrogens with one attached hydrogen (secondary N) is 1. The lowest BCUT2D eigenvalue weighted by atomic mass is 10.0. The predicted octanol–water partition coefficient (Wildman–Crippen LogP) is 3.01. The van der Waals surface area contributed by atoms with E-state index in [1.807, 2.05) is 0 Å². The van der Waals surface area contributed by atoms with Gasteiger partial charge < -0.3 is 10.4 Å². The van der Waals surface area contributed by atoms with E-state index in [1.165, 1.54) is 21.9 Å². The second-order valence-electron chi connectivity index (χ2n) is 5.95. The van der Waals surface area contributed by atoms with Crippen LogP contribution < -0.4 is 5.32 Å². The van der Waals surface area contributed by atoms with Crippen molar-refractivity contribution in [3.63, 3.8) is 0 Å². The molecule has 0 aromatic heterocycles. The molecule has 3 rings (SSSR count). The molecule has 100 valence electrons. The Kier molecular flexibility index (Phi) is 3.29. The summed E-state index contributed by atoms with van der Waals surface area (Å²) in [7, 11) is 0. The van der Waals surface area contributed by atoms with Gasteiger partial charge >= 0.3 is 0 Å². The molecular weight excluding hydrogens is 234 g/mol. The first kappa shape index (κ1) is 12.6. The van der Waals surface area contributed by atoms with Gasteiger partial charge in [0.2, 0.25) is 0 Å². The van der Waals surface area contributed by atoms with Crippen LogP contribution in [0.3, 0.4) is 0 Å². The highest BCUT2D eigenvalue weighted by atomic mass is 16.3. The maximum Gasteiger partial charge on any atom is 0.0499 e. The first-order chi connectivity index (χ1) is 9.21. The molecule has 2 aromatic rings. The number of hydrogen-bond donors (Lipinski definition) is 2. The Hall–Kier alpha value is -1.38. The molecule has 0 radical (unpaired) electrons. The molecule has 0 bridgehead atoms. The minimum Gasteiger partial charge on any atom is -0.396 e. The molecule has 0 saturated heterocycles. The Bertz CT molecular complexity index is 587. The third-order valence-corrected chi connectivity index (χ3v) is 4.18. The van der Waals surface area contributed by atoms with Gasteiger partial charge in [-0.25, -0.2) is 0 Å². The van der Waals surface area contributed by atoms with Crippen LogP contribution in [0.1, 0.15) is 24.0 Å². The van der Waals surface area contributed by atoms with Crippen molar-refractivity contribution in [2.45, 2.75) is 26.3 Å². The zero-order valence-electron chi connectivity index (χ0n) is 11.4. The lowest BCUT2D eigenvalue weighted by molar-refractivity contribution is 0.207. The van der Waals surface area contributed by atoms with Crippen molar-refractivity contribution in [1.29, 1.82) is 0 Å². The van der Waals surface area contributed by atoms with E-state index in [4.69, 9.17) is 0 Å². The highest BCUT2D eigenvalue weighted by Gasteiger charge is 2.41. The topological polar surface area (TPSA) is 32.3 Å². The standard InChI is InChI=1S/C17H21NO/c1-13-2-4-16-9-14(3-5-15(16)8-13)10-18-11-17(12-19)6-7-17/h2-5,8-9,18-19H,6-7,10-12H2,1H3. The van der Waals surface area contributed by atoms with E-state index in [0.29, 0.717) is 6.61 Å². The van der Waals surface area contributed by atoms with Gasteiger partial charge in [-0.2, -0.15) is 0 Å². The van der Waals surface area contributed by atoms with Crippen molar-refractivity contribution in [2.75, 3.05) is 13.2 Å². The summed E-state index contributed by atoms with van der Waals surface area (Å²) in [5.74, 6) is 0. The Balaban J connectivity index is 1.66. The molecule has 19 heavy (non-hydrogen) atoms. The lowest BCUT2D eigenvalue weighted by Crippen LogP contribution is -2.26. The zero-order valence-corrected chi connectivity index (χ0v) is 11.4. The van der Waals surface area contributed by atoms with Crippen LogP contribution in [0.4, 0.5) is 0 Å². The van der Waals surface area contributed by atoms with Gasteiger partial charge in [0.25, 0.3) is 0 Å². The number of aliphatic hydroxyl groups is 1. The van der Waals surface area contributed by atoms with Gasteiger partial charge in [0, 0.05) is 25.1 Å². The van der Waals surface area contributed by atoms with E-state index in [1.54, 1.807) is 0 Å². The Morgan fingerprint density at radius 1 is 1.11 bits per heavy atom. The summed E-state index contributed by atoms with van der Waals surface area (Å²) in [4.78, 5) is 0. The van der Waals surface area contributed by atoms with Crippen molar-refractivity contribution in [3.8, 4) is 0 Å². The molecule has 0 aliphatic heterocycles. The molecule has 0 unspecified atom stereocenters. The molecule has 2 nitrogen and oxygen atoms in total. The molecule has 0 heterocycles. The second-order valence-corrected chi connectivity index (χ2v) is 5.95. The highest BCUT2D eigenvalue weighted by molar-refractivity contribution is 5.83. The van der Waals surface area contributed by atoms with Crippen LogP contribution in [0, 0.1) is 12.3 Å². The van der Waals surface area contributed by atoms with E-state index >= 15 is 0 Å². The molecule has 1 aliphatic rings. The molecule has 2 aromatic carbocycles. The first-order valence-corrected chi connectivity index (χ1v) is 7.02. The first-order valence-electron chi connectivity index (χ1n) is 7.02. The molecule has 1 fully saturated rings. The monoisotopic (exact) mass is 255 g/mol. The number of rotatable bonds is 5. The smallest absolute Gasteiger partial charge is 0.0499 e. The predicted molar refractivity (Wildman–Crippen MR) is 79.1 cm³/mol. The van der Waals surface area contributed by atoms with Gasteiger partial charge in [0.05, 0.1) is 0 Å². The normalized spacial score (nSPS) is 16.7. The van der Waals surface area contributed by atoms with Crippen molar-refractivity contribution in [2.24, 2.45) is 5.41 Å². The van der Waals surface area contributed by atoms with Gasteiger partial charge in [-0.3, -0.25) is 0 Å². The van der Waals surface area contributed by atoms with Gasteiger partial charge in [-0.1, -0.05) is 35.9 Å². The quantitative estimate of drug-likeness (QED) is 0.861. The summed E-state index contributed by atoms with van der Waals surface area (Å²) in [5, 5.41) is 15.4. The maximum absolute atomic E-state index is 9.28.